The van der Waals surface area contributed by atoms with Gasteiger partial charge in [0.1, 0.15) is 6.33 Å². The van der Waals surface area contributed by atoms with Crippen LogP contribution in [-0.4, -0.2) is 21.0 Å². The van der Waals surface area contributed by atoms with Crippen molar-refractivity contribution in [3.63, 3.8) is 0 Å². The Balaban J connectivity index is 1.50. The Kier molecular flexibility index (Phi) is 4.99. The maximum Gasteiger partial charge on any atom is 0.252 e. The van der Waals surface area contributed by atoms with Crippen LogP contribution in [0.4, 0.5) is 0 Å². The Morgan fingerprint density at radius 1 is 1.18 bits per heavy atom. The van der Waals surface area contributed by atoms with Crippen LogP contribution >= 0.6 is 11.3 Å². The predicted octanol–water partition coefficient (Wildman–Crippen LogP) is 4.41. The highest BCUT2D eigenvalue weighted by Crippen LogP contribution is 2.30. The molecule has 0 atom stereocenters. The first kappa shape index (κ1) is 18.1. The van der Waals surface area contributed by atoms with Gasteiger partial charge in [0.25, 0.3) is 5.91 Å². The molecule has 140 valence electrons. The van der Waals surface area contributed by atoms with Gasteiger partial charge in [0.05, 0.1) is 22.5 Å². The van der Waals surface area contributed by atoms with E-state index in [1.165, 1.54) is 6.33 Å². The fourth-order valence-corrected chi connectivity index (χ4v) is 3.54. The first-order chi connectivity index (χ1) is 13.6. The standard InChI is InChI=1S/C21H18N4O2S/c1-13-7-19(27-25-13)18-10-22-12-24-20(18)16-5-3-15(4-6-16)9-23-21(26)17-8-14(2)28-11-17/h3-8,10-12H,9H2,1-2H3,(H,23,26). The third-order valence-electron chi connectivity index (χ3n) is 4.28. The number of benzene rings is 1. The molecule has 3 aromatic heterocycles. The van der Waals surface area contributed by atoms with Crippen LogP contribution in [0, 0.1) is 13.8 Å². The van der Waals surface area contributed by atoms with E-state index >= 15 is 0 Å². The molecule has 0 spiro atoms. The Hall–Kier alpha value is -3.32. The summed E-state index contributed by atoms with van der Waals surface area (Å²) in [5.74, 6) is 0.572. The third kappa shape index (κ3) is 3.84. The molecule has 4 aromatic rings. The summed E-state index contributed by atoms with van der Waals surface area (Å²) in [6.07, 6.45) is 3.23. The van der Waals surface area contributed by atoms with E-state index < -0.39 is 0 Å². The number of aryl methyl sites for hydroxylation is 2. The molecule has 0 fully saturated rings. The molecule has 0 aliphatic rings. The smallest absolute Gasteiger partial charge is 0.252 e. The number of hydrogen-bond donors (Lipinski definition) is 1. The van der Waals surface area contributed by atoms with Crippen molar-refractivity contribution < 1.29 is 9.32 Å². The van der Waals surface area contributed by atoms with Gasteiger partial charge in [-0.1, -0.05) is 29.4 Å². The van der Waals surface area contributed by atoms with Crippen LogP contribution in [-0.2, 0) is 6.54 Å². The summed E-state index contributed by atoms with van der Waals surface area (Å²) < 4.78 is 5.37. The zero-order valence-electron chi connectivity index (χ0n) is 15.5. The zero-order chi connectivity index (χ0) is 19.5. The number of nitrogens with zero attached hydrogens (tertiary/aromatic N) is 3. The van der Waals surface area contributed by atoms with E-state index in [1.807, 2.05) is 55.6 Å². The van der Waals surface area contributed by atoms with Gasteiger partial charge in [0.2, 0.25) is 0 Å². The SMILES string of the molecule is Cc1cc(-c2cncnc2-c2ccc(CNC(=O)c3csc(C)c3)cc2)on1. The van der Waals surface area contributed by atoms with Crippen molar-refractivity contribution in [1.29, 1.82) is 0 Å². The largest absolute Gasteiger partial charge is 0.356 e. The van der Waals surface area contributed by atoms with E-state index in [1.54, 1.807) is 17.5 Å². The Morgan fingerprint density at radius 2 is 2.00 bits per heavy atom. The molecule has 0 aliphatic carbocycles. The van der Waals surface area contributed by atoms with Gasteiger partial charge in [0, 0.05) is 34.6 Å². The number of carbonyl (C=O) groups excluding carboxylic acids is 1. The van der Waals surface area contributed by atoms with Crippen molar-refractivity contribution in [3.05, 3.63) is 76.0 Å². The fourth-order valence-electron chi connectivity index (χ4n) is 2.86. The number of thiophene rings is 1. The lowest BCUT2D eigenvalue weighted by Gasteiger charge is -2.08. The summed E-state index contributed by atoms with van der Waals surface area (Å²) in [7, 11) is 0. The van der Waals surface area contributed by atoms with Crippen LogP contribution in [0.3, 0.4) is 0 Å². The van der Waals surface area contributed by atoms with Crippen molar-refractivity contribution in [1.82, 2.24) is 20.4 Å². The minimum absolute atomic E-state index is 0.0628. The van der Waals surface area contributed by atoms with Crippen LogP contribution in [0.15, 0.2) is 58.8 Å². The summed E-state index contributed by atoms with van der Waals surface area (Å²) in [6.45, 7) is 4.32. The third-order valence-corrected chi connectivity index (χ3v) is 5.14. The number of carbonyl (C=O) groups is 1. The van der Waals surface area contributed by atoms with Crippen molar-refractivity contribution in [2.75, 3.05) is 0 Å². The number of amides is 1. The normalized spacial score (nSPS) is 10.8. The fraction of sp³-hybridized carbons (Fsp3) is 0.143. The van der Waals surface area contributed by atoms with Gasteiger partial charge < -0.3 is 9.84 Å². The average Bonchev–Trinajstić information content (AvgIpc) is 3.35. The Bertz CT molecular complexity index is 1120. The molecule has 0 unspecified atom stereocenters. The van der Waals surface area contributed by atoms with E-state index in [0.29, 0.717) is 17.9 Å². The number of nitrogens with one attached hydrogen (secondary N) is 1. The lowest BCUT2D eigenvalue weighted by atomic mass is 10.0. The van der Waals surface area contributed by atoms with Crippen LogP contribution in [0.5, 0.6) is 0 Å². The molecule has 0 saturated carbocycles. The van der Waals surface area contributed by atoms with Gasteiger partial charge in [-0.25, -0.2) is 9.97 Å². The summed E-state index contributed by atoms with van der Waals surface area (Å²) in [5.41, 5.74) is 5.02. The minimum Gasteiger partial charge on any atom is -0.356 e. The molecule has 0 saturated heterocycles. The second-order valence-corrected chi connectivity index (χ2v) is 7.56. The number of aromatic nitrogens is 3. The molecule has 1 N–H and O–H groups in total. The summed E-state index contributed by atoms with van der Waals surface area (Å²) in [5, 5.41) is 8.76. The monoisotopic (exact) mass is 390 g/mol. The quantitative estimate of drug-likeness (QED) is 0.546. The average molecular weight is 390 g/mol. The highest BCUT2D eigenvalue weighted by molar-refractivity contribution is 7.10. The lowest BCUT2D eigenvalue weighted by Crippen LogP contribution is -2.22. The van der Waals surface area contributed by atoms with Gasteiger partial charge in [-0.3, -0.25) is 4.79 Å². The molecule has 7 heteroatoms. The van der Waals surface area contributed by atoms with Gasteiger partial charge in [-0.15, -0.1) is 11.3 Å². The van der Waals surface area contributed by atoms with Crippen molar-refractivity contribution in [2.24, 2.45) is 0 Å². The molecule has 1 aromatic carbocycles. The van der Waals surface area contributed by atoms with E-state index in [4.69, 9.17) is 4.52 Å². The second kappa shape index (κ2) is 7.74. The molecular weight excluding hydrogens is 372 g/mol. The Morgan fingerprint density at radius 3 is 2.68 bits per heavy atom. The van der Waals surface area contributed by atoms with Crippen molar-refractivity contribution in [3.8, 4) is 22.6 Å². The van der Waals surface area contributed by atoms with Crippen LogP contribution in [0.2, 0.25) is 0 Å². The topological polar surface area (TPSA) is 80.9 Å². The maximum absolute atomic E-state index is 12.2. The number of rotatable bonds is 5. The second-order valence-electron chi connectivity index (χ2n) is 6.44. The van der Waals surface area contributed by atoms with Crippen molar-refractivity contribution >= 4 is 17.2 Å². The van der Waals surface area contributed by atoms with Gasteiger partial charge >= 0.3 is 0 Å². The first-order valence-corrected chi connectivity index (χ1v) is 9.64. The lowest BCUT2D eigenvalue weighted by molar-refractivity contribution is 0.0951. The summed E-state index contributed by atoms with van der Waals surface area (Å²) in [6, 6.07) is 11.7. The molecular formula is C21H18N4O2S. The molecule has 1 amide bonds. The zero-order valence-corrected chi connectivity index (χ0v) is 16.3. The molecule has 28 heavy (non-hydrogen) atoms. The molecule has 6 nitrogen and oxygen atoms in total. The minimum atomic E-state index is -0.0628. The van der Waals surface area contributed by atoms with Crippen LogP contribution in [0.25, 0.3) is 22.6 Å². The maximum atomic E-state index is 12.2. The van der Waals surface area contributed by atoms with Crippen LogP contribution < -0.4 is 5.32 Å². The molecule has 0 bridgehead atoms. The summed E-state index contributed by atoms with van der Waals surface area (Å²) >= 11 is 1.57. The first-order valence-electron chi connectivity index (χ1n) is 8.76. The van der Waals surface area contributed by atoms with E-state index in [9.17, 15) is 4.79 Å². The van der Waals surface area contributed by atoms with Crippen molar-refractivity contribution in [2.45, 2.75) is 20.4 Å². The van der Waals surface area contributed by atoms with Crippen LogP contribution in [0.1, 0.15) is 26.5 Å². The molecule has 3 heterocycles. The molecule has 0 aliphatic heterocycles. The predicted molar refractivity (Wildman–Crippen MR) is 108 cm³/mol. The molecule has 0 radical (unpaired) electrons. The Labute approximate surface area is 166 Å². The van der Waals surface area contributed by atoms with Gasteiger partial charge in [-0.2, -0.15) is 0 Å². The van der Waals surface area contributed by atoms with E-state index in [0.717, 1.165) is 33.0 Å². The van der Waals surface area contributed by atoms with E-state index in [-0.39, 0.29) is 5.91 Å². The van der Waals surface area contributed by atoms with Gasteiger partial charge in [-0.05, 0) is 25.5 Å². The van der Waals surface area contributed by atoms with E-state index in [2.05, 4.69) is 20.4 Å². The number of hydrogen-bond acceptors (Lipinski definition) is 6. The van der Waals surface area contributed by atoms with Gasteiger partial charge in [0.15, 0.2) is 5.76 Å². The summed E-state index contributed by atoms with van der Waals surface area (Å²) in [4.78, 5) is 21.8. The highest BCUT2D eigenvalue weighted by Gasteiger charge is 2.13. The highest BCUT2D eigenvalue weighted by atomic mass is 32.1. The molecule has 4 rings (SSSR count).